The van der Waals surface area contributed by atoms with Crippen molar-refractivity contribution in [2.24, 2.45) is 11.8 Å². The van der Waals surface area contributed by atoms with Crippen LogP contribution in [-0.4, -0.2) is 30.3 Å². The molecule has 20 heavy (non-hydrogen) atoms. The van der Waals surface area contributed by atoms with Gasteiger partial charge in [-0.05, 0) is 24.1 Å². The number of benzene rings is 1. The van der Waals surface area contributed by atoms with E-state index in [9.17, 15) is 9.59 Å². The molecule has 1 heterocycles. The topological polar surface area (TPSA) is 84.9 Å². The Kier molecular flexibility index (Phi) is 4.12. The van der Waals surface area contributed by atoms with Crippen molar-refractivity contribution in [3.63, 3.8) is 0 Å². The number of fused-ring (bicyclic) bond motifs is 1. The van der Waals surface area contributed by atoms with Crippen LogP contribution in [0.4, 0.5) is 0 Å². The highest BCUT2D eigenvalue weighted by Crippen LogP contribution is 2.32. The van der Waals surface area contributed by atoms with Crippen molar-refractivity contribution in [3.05, 3.63) is 23.8 Å². The summed E-state index contributed by atoms with van der Waals surface area (Å²) >= 11 is 0. The SMILES string of the molecule is CC(C)C(CNC(=O)c1ccc2c(c1)OCO2)C(=O)O. The summed E-state index contributed by atoms with van der Waals surface area (Å²) in [5, 5.41) is 11.7. The van der Waals surface area contributed by atoms with E-state index in [1.807, 2.05) is 13.8 Å². The molecule has 1 aromatic rings. The lowest BCUT2D eigenvalue weighted by molar-refractivity contribution is -0.142. The van der Waals surface area contributed by atoms with Crippen molar-refractivity contribution in [2.75, 3.05) is 13.3 Å². The Hall–Kier alpha value is -2.24. The summed E-state index contributed by atoms with van der Waals surface area (Å²) in [6, 6.07) is 4.87. The van der Waals surface area contributed by atoms with E-state index < -0.39 is 11.9 Å². The molecule has 1 aliphatic heterocycles. The third-order valence-corrected chi connectivity index (χ3v) is 3.24. The lowest BCUT2D eigenvalue weighted by Crippen LogP contribution is -2.35. The maximum atomic E-state index is 12.0. The fraction of sp³-hybridized carbons (Fsp3) is 0.429. The Labute approximate surface area is 116 Å². The predicted octanol–water partition coefficient (Wildman–Crippen LogP) is 1.50. The zero-order valence-corrected chi connectivity index (χ0v) is 11.4. The lowest BCUT2D eigenvalue weighted by Gasteiger charge is -2.16. The monoisotopic (exact) mass is 279 g/mol. The minimum absolute atomic E-state index is 0.0513. The van der Waals surface area contributed by atoms with E-state index in [2.05, 4.69) is 5.32 Å². The van der Waals surface area contributed by atoms with Gasteiger partial charge in [0, 0.05) is 12.1 Å². The van der Waals surface area contributed by atoms with Gasteiger partial charge in [-0.2, -0.15) is 0 Å². The maximum Gasteiger partial charge on any atom is 0.308 e. The number of carboxylic acid groups (broad SMARTS) is 1. The number of hydrogen-bond acceptors (Lipinski definition) is 4. The number of amides is 1. The molecule has 108 valence electrons. The van der Waals surface area contributed by atoms with E-state index in [0.29, 0.717) is 17.1 Å². The number of carbonyl (C=O) groups excluding carboxylic acids is 1. The molecule has 1 atom stereocenters. The van der Waals surface area contributed by atoms with Gasteiger partial charge in [-0.3, -0.25) is 9.59 Å². The van der Waals surface area contributed by atoms with Gasteiger partial charge in [-0.1, -0.05) is 13.8 Å². The quantitative estimate of drug-likeness (QED) is 0.853. The Morgan fingerprint density at radius 2 is 2.00 bits per heavy atom. The van der Waals surface area contributed by atoms with Gasteiger partial charge in [0.1, 0.15) is 0 Å². The summed E-state index contributed by atoms with van der Waals surface area (Å²) in [5.41, 5.74) is 0.419. The number of aliphatic carboxylic acids is 1. The highest BCUT2D eigenvalue weighted by Gasteiger charge is 2.23. The van der Waals surface area contributed by atoms with Crippen LogP contribution < -0.4 is 14.8 Å². The second-order valence-corrected chi connectivity index (χ2v) is 4.97. The molecular weight excluding hydrogens is 262 g/mol. The molecule has 6 heteroatoms. The van der Waals surface area contributed by atoms with E-state index in [-0.39, 0.29) is 25.2 Å². The number of hydrogen-bond donors (Lipinski definition) is 2. The fourth-order valence-electron chi connectivity index (χ4n) is 1.95. The second kappa shape index (κ2) is 5.81. The second-order valence-electron chi connectivity index (χ2n) is 4.97. The molecule has 6 nitrogen and oxygen atoms in total. The van der Waals surface area contributed by atoms with Crippen LogP contribution in [0.25, 0.3) is 0 Å². The van der Waals surface area contributed by atoms with Crippen molar-refractivity contribution < 1.29 is 24.2 Å². The molecule has 2 rings (SSSR count). The van der Waals surface area contributed by atoms with Gasteiger partial charge in [-0.25, -0.2) is 0 Å². The number of carbonyl (C=O) groups is 2. The van der Waals surface area contributed by atoms with Gasteiger partial charge in [0.2, 0.25) is 6.79 Å². The number of ether oxygens (including phenoxy) is 2. The van der Waals surface area contributed by atoms with Crippen LogP contribution >= 0.6 is 0 Å². The van der Waals surface area contributed by atoms with Gasteiger partial charge in [-0.15, -0.1) is 0 Å². The van der Waals surface area contributed by atoms with Gasteiger partial charge in [0.15, 0.2) is 11.5 Å². The van der Waals surface area contributed by atoms with Crippen molar-refractivity contribution in [1.29, 1.82) is 0 Å². The highest BCUT2D eigenvalue weighted by atomic mass is 16.7. The van der Waals surface area contributed by atoms with Crippen LogP contribution in [0.2, 0.25) is 0 Å². The van der Waals surface area contributed by atoms with Crippen LogP contribution in [0.5, 0.6) is 11.5 Å². The molecule has 0 saturated heterocycles. The lowest BCUT2D eigenvalue weighted by atomic mass is 9.96. The van der Waals surface area contributed by atoms with Crippen LogP contribution in [0.15, 0.2) is 18.2 Å². The summed E-state index contributed by atoms with van der Waals surface area (Å²) in [4.78, 5) is 23.0. The summed E-state index contributed by atoms with van der Waals surface area (Å²) < 4.78 is 10.4. The normalized spacial score (nSPS) is 14.2. The average molecular weight is 279 g/mol. The molecule has 1 aliphatic rings. The zero-order valence-electron chi connectivity index (χ0n) is 11.4. The van der Waals surface area contributed by atoms with Gasteiger partial charge in [0.05, 0.1) is 5.92 Å². The van der Waals surface area contributed by atoms with Crippen LogP contribution in [-0.2, 0) is 4.79 Å². The van der Waals surface area contributed by atoms with Crippen LogP contribution in [0.3, 0.4) is 0 Å². The molecule has 0 saturated carbocycles. The maximum absolute atomic E-state index is 12.0. The average Bonchev–Trinajstić information content (AvgIpc) is 2.84. The first kappa shape index (κ1) is 14.2. The summed E-state index contributed by atoms with van der Waals surface area (Å²) in [6.07, 6.45) is 0. The molecule has 0 aromatic heterocycles. The van der Waals surface area contributed by atoms with Crippen LogP contribution in [0, 0.1) is 11.8 Å². The molecule has 0 fully saturated rings. The smallest absolute Gasteiger partial charge is 0.308 e. The van der Waals surface area contributed by atoms with Crippen molar-refractivity contribution >= 4 is 11.9 Å². The molecule has 0 aliphatic carbocycles. The Morgan fingerprint density at radius 3 is 2.65 bits per heavy atom. The first-order valence-electron chi connectivity index (χ1n) is 6.39. The summed E-state index contributed by atoms with van der Waals surface area (Å²) in [7, 11) is 0. The third-order valence-electron chi connectivity index (χ3n) is 3.24. The Bertz CT molecular complexity index is 526. The predicted molar refractivity (Wildman–Crippen MR) is 70.9 cm³/mol. The van der Waals surface area contributed by atoms with E-state index in [0.717, 1.165) is 0 Å². The van der Waals surface area contributed by atoms with Crippen molar-refractivity contribution in [3.8, 4) is 11.5 Å². The van der Waals surface area contributed by atoms with E-state index in [4.69, 9.17) is 14.6 Å². The largest absolute Gasteiger partial charge is 0.481 e. The number of rotatable bonds is 5. The van der Waals surface area contributed by atoms with E-state index in [1.165, 1.54) is 0 Å². The van der Waals surface area contributed by atoms with Gasteiger partial charge in [0.25, 0.3) is 5.91 Å². The Morgan fingerprint density at radius 1 is 1.30 bits per heavy atom. The first-order chi connectivity index (χ1) is 9.49. The molecule has 1 aromatic carbocycles. The minimum atomic E-state index is -0.911. The molecule has 1 amide bonds. The third kappa shape index (κ3) is 3.01. The molecule has 1 unspecified atom stereocenters. The van der Waals surface area contributed by atoms with Crippen molar-refractivity contribution in [2.45, 2.75) is 13.8 Å². The zero-order chi connectivity index (χ0) is 14.7. The molecule has 2 N–H and O–H groups in total. The minimum Gasteiger partial charge on any atom is -0.481 e. The van der Waals surface area contributed by atoms with Gasteiger partial charge >= 0.3 is 5.97 Å². The molecule has 0 spiro atoms. The Balaban J connectivity index is 2.00. The van der Waals surface area contributed by atoms with Crippen LogP contribution in [0.1, 0.15) is 24.2 Å². The standard InChI is InChI=1S/C14H17NO5/c1-8(2)10(14(17)18)6-15-13(16)9-3-4-11-12(5-9)20-7-19-11/h3-5,8,10H,6-7H2,1-2H3,(H,15,16)(H,17,18). The first-order valence-corrected chi connectivity index (χ1v) is 6.39. The number of carboxylic acids is 1. The summed E-state index contributed by atoms with van der Waals surface area (Å²) in [5.74, 6) is -0.762. The van der Waals surface area contributed by atoms with E-state index >= 15 is 0 Å². The molecule has 0 radical (unpaired) electrons. The number of nitrogens with one attached hydrogen (secondary N) is 1. The van der Waals surface area contributed by atoms with Gasteiger partial charge < -0.3 is 19.9 Å². The van der Waals surface area contributed by atoms with Crippen molar-refractivity contribution in [1.82, 2.24) is 5.32 Å². The van der Waals surface area contributed by atoms with E-state index in [1.54, 1.807) is 18.2 Å². The fourth-order valence-corrected chi connectivity index (χ4v) is 1.95. The summed E-state index contributed by atoms with van der Waals surface area (Å²) in [6.45, 7) is 3.87. The highest BCUT2D eigenvalue weighted by molar-refractivity contribution is 5.95. The molecular formula is C14H17NO5. The molecule has 0 bridgehead atoms.